The molecule has 1 fully saturated rings. The van der Waals surface area contributed by atoms with Crippen LogP contribution in [0.2, 0.25) is 0 Å². The van der Waals surface area contributed by atoms with E-state index in [-0.39, 0.29) is 11.0 Å². The number of aromatic nitrogens is 6. The highest BCUT2D eigenvalue weighted by atomic mass is 15.4. The van der Waals surface area contributed by atoms with Crippen LogP contribution in [-0.2, 0) is 5.41 Å². The van der Waals surface area contributed by atoms with Crippen molar-refractivity contribution in [3.63, 3.8) is 0 Å². The van der Waals surface area contributed by atoms with Gasteiger partial charge in [0.2, 0.25) is 11.9 Å². The van der Waals surface area contributed by atoms with Gasteiger partial charge >= 0.3 is 0 Å². The highest BCUT2D eigenvalue weighted by Crippen LogP contribution is 2.60. The third-order valence-corrected chi connectivity index (χ3v) is 12.4. The highest BCUT2D eigenvalue weighted by molar-refractivity contribution is 6.10. The van der Waals surface area contributed by atoms with Gasteiger partial charge in [0, 0.05) is 56.2 Å². The average Bonchev–Trinajstić information content (AvgIpc) is 3.79. The molecule has 0 amide bonds. The van der Waals surface area contributed by atoms with Gasteiger partial charge in [-0.3, -0.25) is 9.55 Å². The Labute approximate surface area is 307 Å². The van der Waals surface area contributed by atoms with Crippen LogP contribution in [0.5, 0.6) is 0 Å². The first-order valence-corrected chi connectivity index (χ1v) is 18.6. The molecule has 1 saturated carbocycles. The lowest BCUT2D eigenvalue weighted by Gasteiger charge is -2.49. The molecule has 2 aliphatic rings. The number of hydrogen-bond acceptors (Lipinski definition) is 5. The van der Waals surface area contributed by atoms with E-state index in [1.807, 2.05) is 6.20 Å². The summed E-state index contributed by atoms with van der Waals surface area (Å²) in [4.78, 5) is 23.3. The SMILES string of the molecule is CC12CCCCC1(C)N(c1nc(-c3cccc(-n4c5ccccc5c5ccccc54)c3)nc(-n3c4ccccc4c4ccccc43)n1)c1ccncc12. The third kappa shape index (κ3) is 4.16. The molecule has 53 heavy (non-hydrogen) atoms. The van der Waals surface area contributed by atoms with Crippen molar-refractivity contribution in [2.45, 2.75) is 50.5 Å². The molecule has 1 aliphatic carbocycles. The van der Waals surface area contributed by atoms with Crippen LogP contribution < -0.4 is 4.90 Å². The second-order valence-electron chi connectivity index (χ2n) is 15.1. The molecule has 7 heteroatoms. The highest BCUT2D eigenvalue weighted by Gasteiger charge is 2.58. The third-order valence-electron chi connectivity index (χ3n) is 12.4. The fourth-order valence-corrected chi connectivity index (χ4v) is 9.68. The average molecular weight is 688 g/mol. The molecule has 0 N–H and O–H groups in total. The maximum Gasteiger partial charge on any atom is 0.240 e. The Morgan fingerprint density at radius 1 is 0.547 bits per heavy atom. The fourth-order valence-electron chi connectivity index (χ4n) is 9.68. The van der Waals surface area contributed by atoms with E-state index in [0.29, 0.717) is 17.7 Å². The van der Waals surface area contributed by atoms with E-state index in [1.54, 1.807) is 0 Å². The zero-order chi connectivity index (χ0) is 35.3. The number of hydrogen-bond donors (Lipinski definition) is 0. The van der Waals surface area contributed by atoms with Crippen molar-refractivity contribution in [1.29, 1.82) is 0 Å². The molecule has 5 aromatic carbocycles. The number of pyridine rings is 1. The van der Waals surface area contributed by atoms with Gasteiger partial charge in [0.05, 0.1) is 33.3 Å². The summed E-state index contributed by atoms with van der Waals surface area (Å²) in [6, 6.07) is 45.1. The molecular formula is C46H37N7. The van der Waals surface area contributed by atoms with E-state index in [0.717, 1.165) is 47.2 Å². The van der Waals surface area contributed by atoms with Crippen molar-refractivity contribution in [2.75, 3.05) is 4.90 Å². The van der Waals surface area contributed by atoms with Gasteiger partial charge in [0.25, 0.3) is 0 Å². The van der Waals surface area contributed by atoms with Gasteiger partial charge in [-0.1, -0.05) is 105 Å². The maximum absolute atomic E-state index is 5.45. The van der Waals surface area contributed by atoms with Crippen LogP contribution in [-0.4, -0.2) is 34.6 Å². The first-order valence-electron chi connectivity index (χ1n) is 18.6. The van der Waals surface area contributed by atoms with Crippen molar-refractivity contribution in [1.82, 2.24) is 29.1 Å². The molecule has 11 rings (SSSR count). The maximum atomic E-state index is 5.45. The lowest BCUT2D eigenvalue weighted by atomic mass is 9.62. The minimum atomic E-state index is -0.238. The fraction of sp³-hybridized carbons (Fsp3) is 0.174. The Bertz CT molecular complexity index is 2810. The molecule has 2 atom stereocenters. The van der Waals surface area contributed by atoms with E-state index in [1.165, 1.54) is 44.6 Å². The molecule has 0 bridgehead atoms. The predicted octanol–water partition coefficient (Wildman–Crippen LogP) is 10.9. The Morgan fingerprint density at radius 2 is 1.11 bits per heavy atom. The van der Waals surface area contributed by atoms with Gasteiger partial charge in [0.15, 0.2) is 5.82 Å². The van der Waals surface area contributed by atoms with E-state index in [2.05, 4.69) is 166 Å². The van der Waals surface area contributed by atoms with Gasteiger partial charge in [-0.2, -0.15) is 15.0 Å². The number of rotatable bonds is 4. The largest absolute Gasteiger partial charge is 0.309 e. The monoisotopic (exact) mass is 687 g/mol. The predicted molar refractivity (Wildman–Crippen MR) is 215 cm³/mol. The number of fused-ring (bicyclic) bond motifs is 9. The van der Waals surface area contributed by atoms with Crippen LogP contribution in [0.3, 0.4) is 0 Å². The lowest BCUT2D eigenvalue weighted by Crippen LogP contribution is -2.55. The Kier molecular flexibility index (Phi) is 6.33. The first-order chi connectivity index (χ1) is 26.0. The molecule has 4 aromatic heterocycles. The summed E-state index contributed by atoms with van der Waals surface area (Å²) in [6.45, 7) is 4.82. The summed E-state index contributed by atoms with van der Waals surface area (Å²) in [5.74, 6) is 1.90. The summed E-state index contributed by atoms with van der Waals surface area (Å²) in [5, 5.41) is 4.81. The summed E-state index contributed by atoms with van der Waals surface area (Å²) in [5.41, 5.74) is 8.53. The topological polar surface area (TPSA) is 64.7 Å². The Morgan fingerprint density at radius 3 is 1.75 bits per heavy atom. The molecule has 0 saturated heterocycles. The van der Waals surface area contributed by atoms with E-state index < -0.39 is 0 Å². The minimum Gasteiger partial charge on any atom is -0.309 e. The number of benzene rings is 5. The first kappa shape index (κ1) is 30.3. The summed E-state index contributed by atoms with van der Waals surface area (Å²) in [6.07, 6.45) is 8.46. The van der Waals surface area contributed by atoms with Gasteiger partial charge in [-0.05, 0) is 62.2 Å². The molecule has 1 aliphatic heterocycles. The smallest absolute Gasteiger partial charge is 0.240 e. The van der Waals surface area contributed by atoms with Crippen molar-refractivity contribution >= 4 is 55.2 Å². The van der Waals surface area contributed by atoms with Crippen molar-refractivity contribution in [3.05, 3.63) is 145 Å². The van der Waals surface area contributed by atoms with E-state index >= 15 is 0 Å². The van der Waals surface area contributed by atoms with Crippen LogP contribution in [0.1, 0.15) is 45.1 Å². The summed E-state index contributed by atoms with van der Waals surface area (Å²) in [7, 11) is 0. The second kappa shape index (κ2) is 11.1. The van der Waals surface area contributed by atoms with Crippen LogP contribution in [0.4, 0.5) is 11.6 Å². The minimum absolute atomic E-state index is 0.0922. The molecule has 0 spiro atoms. The number of nitrogens with zero attached hydrogens (tertiary/aromatic N) is 7. The summed E-state index contributed by atoms with van der Waals surface area (Å²) >= 11 is 0. The molecule has 2 unspecified atom stereocenters. The van der Waals surface area contributed by atoms with Crippen LogP contribution >= 0.6 is 0 Å². The lowest BCUT2D eigenvalue weighted by molar-refractivity contribution is 0.193. The molecule has 256 valence electrons. The van der Waals surface area contributed by atoms with E-state index in [9.17, 15) is 0 Å². The van der Waals surface area contributed by atoms with Crippen LogP contribution in [0.15, 0.2) is 140 Å². The van der Waals surface area contributed by atoms with Crippen molar-refractivity contribution in [2.24, 2.45) is 0 Å². The zero-order valence-electron chi connectivity index (χ0n) is 29.7. The normalized spacial score (nSPS) is 19.7. The van der Waals surface area contributed by atoms with Crippen LogP contribution in [0.25, 0.3) is 66.6 Å². The quantitative estimate of drug-likeness (QED) is 0.184. The van der Waals surface area contributed by atoms with Gasteiger partial charge in [0.1, 0.15) is 0 Å². The second-order valence-corrected chi connectivity index (χ2v) is 15.1. The van der Waals surface area contributed by atoms with Gasteiger partial charge < -0.3 is 9.47 Å². The molecule has 9 aromatic rings. The molecule has 7 nitrogen and oxygen atoms in total. The van der Waals surface area contributed by atoms with E-state index in [4.69, 9.17) is 15.0 Å². The van der Waals surface area contributed by atoms with Crippen molar-refractivity contribution in [3.8, 4) is 23.0 Å². The summed E-state index contributed by atoms with van der Waals surface area (Å²) < 4.78 is 4.56. The van der Waals surface area contributed by atoms with Crippen molar-refractivity contribution < 1.29 is 0 Å². The number of anilines is 2. The molecular weight excluding hydrogens is 651 g/mol. The van der Waals surface area contributed by atoms with Gasteiger partial charge in [-0.15, -0.1) is 0 Å². The Balaban J connectivity index is 1.19. The molecule has 0 radical (unpaired) electrons. The van der Waals surface area contributed by atoms with Crippen LogP contribution in [0, 0.1) is 0 Å². The van der Waals surface area contributed by atoms with Gasteiger partial charge in [-0.25, -0.2) is 0 Å². The molecule has 5 heterocycles. The standard InChI is InChI=1S/C46H37N7/c1-45-25-11-12-26-46(45,2)53(41-24-27-47-29-36(41)45)44-49-42(48-43(50-44)52-39-22-9-5-18-34(39)35-19-6-10-23-40(35)52)30-14-13-15-31(28-30)51-37-20-7-3-16-32(37)33-17-4-8-21-38(33)51/h3-10,13-24,27-29H,11-12,25-26H2,1-2H3. The zero-order valence-corrected chi connectivity index (χ0v) is 29.7. The number of para-hydroxylation sites is 4. The Hall–Kier alpha value is -6.34.